The Hall–Kier alpha value is -0.840. The van der Waals surface area contributed by atoms with Crippen molar-refractivity contribution in [2.75, 3.05) is 19.6 Å². The molecule has 0 saturated carbocycles. The van der Waals surface area contributed by atoms with Crippen LogP contribution in [0.2, 0.25) is 0 Å². The molecule has 14 heavy (non-hydrogen) atoms. The van der Waals surface area contributed by atoms with Crippen LogP contribution in [0.3, 0.4) is 0 Å². The lowest BCUT2D eigenvalue weighted by atomic mass is 9.94. The third kappa shape index (κ3) is 1.68. The SMILES string of the molecule is FC(F)(F)C1=NCC=C1C1CCNC1. The molecule has 1 N–H and O–H groups in total. The quantitative estimate of drug-likeness (QED) is 0.688. The number of alkyl halides is 3. The van der Waals surface area contributed by atoms with Crippen LogP contribution in [0.4, 0.5) is 13.2 Å². The first-order valence-corrected chi connectivity index (χ1v) is 4.62. The lowest BCUT2D eigenvalue weighted by molar-refractivity contribution is -0.0584. The monoisotopic (exact) mass is 204 g/mol. The number of aliphatic imine (C=N–C) groups is 1. The van der Waals surface area contributed by atoms with E-state index in [1.807, 2.05) is 0 Å². The van der Waals surface area contributed by atoms with Crippen LogP contribution < -0.4 is 5.32 Å². The van der Waals surface area contributed by atoms with Crippen molar-refractivity contribution in [2.45, 2.75) is 12.6 Å². The van der Waals surface area contributed by atoms with Crippen LogP contribution in [0.15, 0.2) is 16.6 Å². The van der Waals surface area contributed by atoms with Crippen molar-refractivity contribution in [2.24, 2.45) is 10.9 Å². The normalized spacial score (nSPS) is 27.8. The molecule has 2 heterocycles. The molecule has 0 radical (unpaired) electrons. The summed E-state index contributed by atoms with van der Waals surface area (Å²) < 4.78 is 37.4. The van der Waals surface area contributed by atoms with Crippen molar-refractivity contribution in [3.63, 3.8) is 0 Å². The van der Waals surface area contributed by atoms with Gasteiger partial charge < -0.3 is 5.32 Å². The van der Waals surface area contributed by atoms with Gasteiger partial charge >= 0.3 is 6.18 Å². The van der Waals surface area contributed by atoms with Gasteiger partial charge in [0.2, 0.25) is 0 Å². The largest absolute Gasteiger partial charge is 0.433 e. The lowest BCUT2D eigenvalue weighted by Crippen LogP contribution is -2.27. The van der Waals surface area contributed by atoms with Gasteiger partial charge in [0.05, 0.1) is 6.54 Å². The number of halogens is 3. The molecule has 2 aliphatic rings. The Balaban J connectivity index is 2.16. The topological polar surface area (TPSA) is 24.4 Å². The Bertz CT molecular complexity index is 285. The maximum absolute atomic E-state index is 12.5. The standard InChI is InChI=1S/C9H11F3N2/c10-9(11,12)8-7(2-4-14-8)6-1-3-13-5-6/h2,6,13H,1,3-5H2. The molecule has 0 amide bonds. The van der Waals surface area contributed by atoms with E-state index >= 15 is 0 Å². The van der Waals surface area contributed by atoms with Crippen LogP contribution in [0.1, 0.15) is 6.42 Å². The fraction of sp³-hybridized carbons (Fsp3) is 0.667. The fourth-order valence-electron chi connectivity index (χ4n) is 1.96. The minimum absolute atomic E-state index is 0.00197. The highest BCUT2D eigenvalue weighted by molar-refractivity contribution is 6.06. The first kappa shape index (κ1) is 9.71. The predicted molar refractivity (Wildman–Crippen MR) is 47.4 cm³/mol. The summed E-state index contributed by atoms with van der Waals surface area (Å²) >= 11 is 0. The van der Waals surface area contributed by atoms with E-state index in [1.165, 1.54) is 0 Å². The van der Waals surface area contributed by atoms with Gasteiger partial charge in [0, 0.05) is 6.54 Å². The average Bonchev–Trinajstić information content (AvgIpc) is 2.73. The highest BCUT2D eigenvalue weighted by Crippen LogP contribution is 2.31. The van der Waals surface area contributed by atoms with E-state index in [0.717, 1.165) is 13.0 Å². The molecular formula is C9H11F3N2. The van der Waals surface area contributed by atoms with Gasteiger partial charge in [-0.2, -0.15) is 13.2 Å². The van der Waals surface area contributed by atoms with Gasteiger partial charge in [-0.1, -0.05) is 6.08 Å². The zero-order chi connectivity index (χ0) is 10.2. The average molecular weight is 204 g/mol. The molecule has 1 unspecified atom stereocenters. The molecule has 1 saturated heterocycles. The smallest absolute Gasteiger partial charge is 0.316 e. The molecule has 0 spiro atoms. The van der Waals surface area contributed by atoms with E-state index in [-0.39, 0.29) is 12.5 Å². The first-order chi connectivity index (χ1) is 6.59. The molecule has 0 aromatic carbocycles. The van der Waals surface area contributed by atoms with Gasteiger partial charge in [-0.3, -0.25) is 4.99 Å². The summed E-state index contributed by atoms with van der Waals surface area (Å²) in [7, 11) is 0. The molecule has 0 aromatic rings. The number of hydrogen-bond donors (Lipinski definition) is 1. The van der Waals surface area contributed by atoms with Gasteiger partial charge in [0.15, 0.2) is 0 Å². The second-order valence-electron chi connectivity index (χ2n) is 3.54. The van der Waals surface area contributed by atoms with Gasteiger partial charge in [0.1, 0.15) is 5.71 Å². The minimum Gasteiger partial charge on any atom is -0.316 e. The summed E-state index contributed by atoms with van der Waals surface area (Å²) in [6.45, 7) is 1.62. The summed E-state index contributed by atoms with van der Waals surface area (Å²) in [6, 6.07) is 0. The Labute approximate surface area is 79.9 Å². The third-order valence-electron chi connectivity index (χ3n) is 2.60. The Morgan fingerprint density at radius 1 is 1.43 bits per heavy atom. The van der Waals surface area contributed by atoms with Crippen LogP contribution in [-0.2, 0) is 0 Å². The summed E-state index contributed by atoms with van der Waals surface area (Å²) in [4.78, 5) is 3.50. The second-order valence-corrected chi connectivity index (χ2v) is 3.54. The summed E-state index contributed by atoms with van der Waals surface area (Å²) in [6.07, 6.45) is -1.91. The minimum atomic E-state index is -4.29. The molecular weight excluding hydrogens is 193 g/mol. The molecule has 1 fully saturated rings. The summed E-state index contributed by atoms with van der Waals surface area (Å²) in [5.41, 5.74) is -0.270. The van der Waals surface area contributed by atoms with Crippen LogP contribution in [0.5, 0.6) is 0 Å². The Morgan fingerprint density at radius 2 is 2.21 bits per heavy atom. The molecule has 0 aromatic heterocycles. The van der Waals surface area contributed by atoms with E-state index in [2.05, 4.69) is 10.3 Å². The first-order valence-electron chi connectivity index (χ1n) is 4.62. The number of rotatable bonds is 1. The molecule has 2 nitrogen and oxygen atoms in total. The Kier molecular flexibility index (Phi) is 2.34. The van der Waals surface area contributed by atoms with Gasteiger partial charge in [0.25, 0.3) is 0 Å². The second kappa shape index (κ2) is 3.38. The van der Waals surface area contributed by atoms with Crippen LogP contribution in [0.25, 0.3) is 0 Å². The van der Waals surface area contributed by atoms with Crippen molar-refractivity contribution in [1.82, 2.24) is 5.32 Å². The van der Waals surface area contributed by atoms with Gasteiger partial charge in [-0.05, 0) is 24.5 Å². The van der Waals surface area contributed by atoms with Crippen molar-refractivity contribution >= 4 is 5.71 Å². The number of hydrogen-bond acceptors (Lipinski definition) is 2. The molecule has 78 valence electrons. The van der Waals surface area contributed by atoms with E-state index in [0.29, 0.717) is 12.1 Å². The van der Waals surface area contributed by atoms with E-state index < -0.39 is 11.9 Å². The predicted octanol–water partition coefficient (Wildman–Crippen LogP) is 1.54. The van der Waals surface area contributed by atoms with Crippen molar-refractivity contribution in [3.8, 4) is 0 Å². The third-order valence-corrected chi connectivity index (χ3v) is 2.60. The highest BCUT2D eigenvalue weighted by Gasteiger charge is 2.41. The van der Waals surface area contributed by atoms with E-state index in [4.69, 9.17) is 0 Å². The van der Waals surface area contributed by atoms with E-state index in [1.54, 1.807) is 6.08 Å². The molecule has 0 aliphatic carbocycles. The number of nitrogens with zero attached hydrogens (tertiary/aromatic N) is 1. The van der Waals surface area contributed by atoms with Crippen LogP contribution >= 0.6 is 0 Å². The van der Waals surface area contributed by atoms with Crippen molar-refractivity contribution in [1.29, 1.82) is 0 Å². The summed E-state index contributed by atoms with van der Waals surface area (Å²) in [5, 5.41) is 3.06. The van der Waals surface area contributed by atoms with Crippen molar-refractivity contribution < 1.29 is 13.2 Å². The van der Waals surface area contributed by atoms with Crippen LogP contribution in [0, 0.1) is 5.92 Å². The molecule has 1 atom stereocenters. The molecule has 2 rings (SSSR count). The van der Waals surface area contributed by atoms with Gasteiger partial charge in [-0.25, -0.2) is 0 Å². The fourth-order valence-corrected chi connectivity index (χ4v) is 1.96. The highest BCUT2D eigenvalue weighted by atomic mass is 19.4. The van der Waals surface area contributed by atoms with Crippen LogP contribution in [-0.4, -0.2) is 31.5 Å². The Morgan fingerprint density at radius 3 is 2.79 bits per heavy atom. The zero-order valence-corrected chi connectivity index (χ0v) is 7.56. The van der Waals surface area contributed by atoms with Crippen molar-refractivity contribution in [3.05, 3.63) is 11.6 Å². The zero-order valence-electron chi connectivity index (χ0n) is 7.56. The number of nitrogens with one attached hydrogen (secondary N) is 1. The van der Waals surface area contributed by atoms with Gasteiger partial charge in [-0.15, -0.1) is 0 Å². The summed E-state index contributed by atoms with van der Waals surface area (Å²) in [5.74, 6) is -0.00197. The molecule has 0 bridgehead atoms. The maximum atomic E-state index is 12.5. The lowest BCUT2D eigenvalue weighted by Gasteiger charge is -2.15. The maximum Gasteiger partial charge on any atom is 0.433 e. The molecule has 2 aliphatic heterocycles. The molecule has 5 heteroatoms. The van der Waals surface area contributed by atoms with E-state index in [9.17, 15) is 13.2 Å².